The maximum absolute atomic E-state index is 13.1. The topological polar surface area (TPSA) is 101 Å². The fourth-order valence-corrected chi connectivity index (χ4v) is 3.53. The van der Waals surface area contributed by atoms with Gasteiger partial charge in [0.05, 0.1) is 16.4 Å². The zero-order valence-corrected chi connectivity index (χ0v) is 18.5. The number of benzene rings is 1. The van der Waals surface area contributed by atoms with Gasteiger partial charge in [-0.15, -0.1) is 0 Å². The Morgan fingerprint density at radius 3 is 2.45 bits per heavy atom. The number of halogens is 1. The molecule has 0 spiro atoms. The molecule has 0 saturated carbocycles. The van der Waals surface area contributed by atoms with Gasteiger partial charge in [0.1, 0.15) is 5.69 Å². The number of carbonyl (C=O) groups excluding carboxylic acids is 2. The fraction of sp³-hybridized carbons (Fsp3) is 0.400. The summed E-state index contributed by atoms with van der Waals surface area (Å²) >= 11 is 6.31. The summed E-state index contributed by atoms with van der Waals surface area (Å²) in [6.07, 6.45) is 4.72. The maximum atomic E-state index is 13.1. The largest absolute Gasteiger partial charge is 0.351 e. The van der Waals surface area contributed by atoms with E-state index in [1.807, 2.05) is 32.9 Å². The van der Waals surface area contributed by atoms with E-state index < -0.39 is 22.6 Å². The second-order valence-corrected chi connectivity index (χ2v) is 8.03. The van der Waals surface area contributed by atoms with E-state index in [4.69, 9.17) is 11.6 Å². The smallest absolute Gasteiger partial charge is 0.270 e. The van der Waals surface area contributed by atoms with E-state index in [9.17, 15) is 13.8 Å². The minimum Gasteiger partial charge on any atom is -0.351 e. The van der Waals surface area contributed by atoms with Gasteiger partial charge in [0.2, 0.25) is 5.16 Å². The highest BCUT2D eigenvalue weighted by molar-refractivity contribution is 7.84. The average molecular weight is 437 g/mol. The molecule has 2 aromatic rings. The van der Waals surface area contributed by atoms with Gasteiger partial charge in [-0.2, -0.15) is 0 Å². The molecule has 0 bridgehead atoms. The first kappa shape index (κ1) is 23.0. The summed E-state index contributed by atoms with van der Waals surface area (Å²) < 4.78 is 11.8. The van der Waals surface area contributed by atoms with Crippen LogP contribution in [0.4, 0.5) is 5.69 Å². The van der Waals surface area contributed by atoms with Crippen LogP contribution in [0.3, 0.4) is 0 Å². The number of nitrogens with zero attached hydrogens (tertiary/aromatic N) is 2. The van der Waals surface area contributed by atoms with E-state index in [2.05, 4.69) is 20.6 Å². The predicted octanol–water partition coefficient (Wildman–Crippen LogP) is 3.38. The van der Waals surface area contributed by atoms with Gasteiger partial charge in [-0.3, -0.25) is 13.8 Å². The summed E-state index contributed by atoms with van der Waals surface area (Å²) in [4.78, 5) is 33.7. The fourth-order valence-electron chi connectivity index (χ4n) is 2.81. The monoisotopic (exact) mass is 436 g/mol. The van der Waals surface area contributed by atoms with Crippen molar-refractivity contribution in [3.05, 3.63) is 45.7 Å². The molecule has 0 aliphatic rings. The highest BCUT2D eigenvalue weighted by atomic mass is 35.5. The number of rotatable bonds is 8. The van der Waals surface area contributed by atoms with Crippen LogP contribution in [0, 0.1) is 0 Å². The van der Waals surface area contributed by atoms with Crippen molar-refractivity contribution in [1.82, 2.24) is 15.3 Å². The highest BCUT2D eigenvalue weighted by Gasteiger charge is 2.23. The predicted molar refractivity (Wildman–Crippen MR) is 115 cm³/mol. The number of carbonyl (C=O) groups is 2. The zero-order valence-electron chi connectivity index (χ0n) is 17.0. The van der Waals surface area contributed by atoms with Crippen molar-refractivity contribution in [3.8, 4) is 0 Å². The highest BCUT2D eigenvalue weighted by Crippen LogP contribution is 2.30. The van der Waals surface area contributed by atoms with E-state index in [0.717, 1.165) is 17.5 Å². The summed E-state index contributed by atoms with van der Waals surface area (Å²) in [5.74, 6) is -1.03. The first-order valence-electron chi connectivity index (χ1n) is 9.44. The van der Waals surface area contributed by atoms with Gasteiger partial charge in [-0.25, -0.2) is 9.97 Å². The number of aryl methyl sites for hydroxylation is 1. The van der Waals surface area contributed by atoms with E-state index in [1.165, 1.54) is 12.5 Å². The Bertz CT molecular complexity index is 950. The lowest BCUT2D eigenvalue weighted by Crippen LogP contribution is -2.29. The Kier molecular flexibility index (Phi) is 8.28. The molecule has 0 radical (unpaired) electrons. The normalized spacial score (nSPS) is 11.8. The van der Waals surface area contributed by atoms with Gasteiger partial charge < -0.3 is 10.6 Å². The Morgan fingerprint density at radius 2 is 1.86 bits per heavy atom. The van der Waals surface area contributed by atoms with Crippen LogP contribution in [0.1, 0.15) is 59.2 Å². The van der Waals surface area contributed by atoms with Crippen molar-refractivity contribution < 1.29 is 13.8 Å². The third-order valence-electron chi connectivity index (χ3n) is 4.33. The van der Waals surface area contributed by atoms with Gasteiger partial charge in [-0.05, 0) is 36.5 Å². The summed E-state index contributed by atoms with van der Waals surface area (Å²) in [6, 6.07) is 3.68. The van der Waals surface area contributed by atoms with Crippen LogP contribution in [0.25, 0.3) is 0 Å². The average Bonchev–Trinajstić information content (AvgIpc) is 2.71. The summed E-state index contributed by atoms with van der Waals surface area (Å²) in [5, 5.41) is 6.14. The van der Waals surface area contributed by atoms with Crippen molar-refractivity contribution >= 4 is 39.9 Å². The molecular weight excluding hydrogens is 412 g/mol. The molecular formula is C20H25ClN4O3S. The first-order valence-corrected chi connectivity index (χ1v) is 11.4. The minimum absolute atomic E-state index is 0.00514. The maximum Gasteiger partial charge on any atom is 0.270 e. The van der Waals surface area contributed by atoms with Crippen LogP contribution in [-0.2, 0) is 23.6 Å². The molecule has 7 nitrogen and oxygen atoms in total. The number of hydrogen-bond donors (Lipinski definition) is 2. The Labute approximate surface area is 178 Å². The van der Waals surface area contributed by atoms with Crippen LogP contribution in [-0.4, -0.2) is 38.8 Å². The van der Waals surface area contributed by atoms with Crippen molar-refractivity contribution in [2.75, 3.05) is 18.1 Å². The number of nitrogens with one attached hydrogen (secondary N) is 2. The van der Waals surface area contributed by atoms with E-state index in [-0.39, 0.29) is 16.4 Å². The standard InChI is InChI=1S/C20H25ClN4O3S/c1-5-10-22-19(27)17-14(11-23-20(25-17)29(4)28)18(26)24-16-12(6-2)8-9-15(21)13(16)7-3/h8-9,11H,5-7,10H2,1-4H3,(H,22,27)(H,24,26). The van der Waals surface area contributed by atoms with Crippen molar-refractivity contribution in [3.63, 3.8) is 0 Å². The third-order valence-corrected chi connectivity index (χ3v) is 5.40. The van der Waals surface area contributed by atoms with E-state index in [0.29, 0.717) is 30.1 Å². The lowest BCUT2D eigenvalue weighted by molar-refractivity contribution is 0.0933. The van der Waals surface area contributed by atoms with Gasteiger partial charge in [0.15, 0.2) is 0 Å². The van der Waals surface area contributed by atoms with Crippen molar-refractivity contribution in [2.24, 2.45) is 0 Å². The molecule has 0 saturated heterocycles. The molecule has 0 fully saturated rings. The lowest BCUT2D eigenvalue weighted by Gasteiger charge is -2.17. The quantitative estimate of drug-likeness (QED) is 0.617. The molecule has 1 aromatic carbocycles. The second kappa shape index (κ2) is 10.5. The van der Waals surface area contributed by atoms with Gasteiger partial charge in [0.25, 0.3) is 11.8 Å². The van der Waals surface area contributed by atoms with Crippen molar-refractivity contribution in [2.45, 2.75) is 45.2 Å². The lowest BCUT2D eigenvalue weighted by atomic mass is 10.0. The molecule has 2 N–H and O–H groups in total. The third kappa shape index (κ3) is 5.39. The molecule has 9 heteroatoms. The Hall–Kier alpha value is -2.32. The van der Waals surface area contributed by atoms with Gasteiger partial charge >= 0.3 is 0 Å². The first-order chi connectivity index (χ1) is 13.8. The molecule has 1 unspecified atom stereocenters. The molecule has 1 heterocycles. The molecule has 2 rings (SSSR count). The number of anilines is 1. The van der Waals surface area contributed by atoms with E-state index >= 15 is 0 Å². The SMILES string of the molecule is CCCNC(=O)c1nc(S(C)=O)ncc1C(=O)Nc1c(CC)ccc(Cl)c1CC. The number of hydrogen-bond acceptors (Lipinski definition) is 5. The van der Waals surface area contributed by atoms with Crippen LogP contribution >= 0.6 is 11.6 Å². The summed E-state index contributed by atoms with van der Waals surface area (Å²) in [7, 11) is -1.49. The molecule has 1 atom stereocenters. The number of aromatic nitrogens is 2. The second-order valence-electron chi connectivity index (χ2n) is 6.35. The molecule has 0 aliphatic carbocycles. The van der Waals surface area contributed by atoms with Gasteiger partial charge in [0, 0.05) is 29.7 Å². The zero-order chi connectivity index (χ0) is 21.6. The summed E-state index contributed by atoms with van der Waals surface area (Å²) in [6.45, 7) is 6.28. The molecule has 0 aliphatic heterocycles. The summed E-state index contributed by atoms with van der Waals surface area (Å²) in [5.41, 5.74) is 2.30. The van der Waals surface area contributed by atoms with Crippen LogP contribution in [0.15, 0.2) is 23.5 Å². The van der Waals surface area contributed by atoms with Crippen molar-refractivity contribution in [1.29, 1.82) is 0 Å². The Morgan fingerprint density at radius 1 is 1.14 bits per heavy atom. The van der Waals surface area contributed by atoms with Crippen LogP contribution in [0.2, 0.25) is 5.02 Å². The molecule has 1 aromatic heterocycles. The van der Waals surface area contributed by atoms with Crippen LogP contribution < -0.4 is 10.6 Å². The number of amides is 2. The minimum atomic E-state index is -1.49. The van der Waals surface area contributed by atoms with Gasteiger partial charge in [-0.1, -0.05) is 38.4 Å². The Balaban J connectivity index is 2.49. The molecule has 2 amide bonds. The van der Waals surface area contributed by atoms with Crippen LogP contribution in [0.5, 0.6) is 0 Å². The molecule has 156 valence electrons. The van der Waals surface area contributed by atoms with E-state index in [1.54, 1.807) is 0 Å². The molecule has 29 heavy (non-hydrogen) atoms.